The predicted molar refractivity (Wildman–Crippen MR) is 120 cm³/mol. The number of rotatable bonds is 5. The molecule has 2 amide bonds. The van der Waals surface area contributed by atoms with Crippen LogP contribution in [0.3, 0.4) is 0 Å². The second-order valence-corrected chi connectivity index (χ2v) is 8.86. The molecule has 1 saturated heterocycles. The summed E-state index contributed by atoms with van der Waals surface area (Å²) in [6.07, 6.45) is -0.752. The van der Waals surface area contributed by atoms with Crippen LogP contribution in [0.25, 0.3) is 0 Å². The van der Waals surface area contributed by atoms with Gasteiger partial charge in [0.1, 0.15) is 5.82 Å². The van der Waals surface area contributed by atoms with Crippen molar-refractivity contribution in [3.8, 4) is 0 Å². The first kappa shape index (κ1) is 24.2. The van der Waals surface area contributed by atoms with Crippen LogP contribution in [0, 0.1) is 11.7 Å². The Hall–Kier alpha value is -2.94. The fraction of sp³-hybridized carbons (Fsp3) is 0.440. The molecule has 0 unspecified atom stereocenters. The zero-order chi connectivity index (χ0) is 24.3. The quantitative estimate of drug-likeness (QED) is 0.630. The number of benzene rings is 2. The molecule has 1 saturated carbocycles. The molecule has 1 atom stereocenters. The van der Waals surface area contributed by atoms with Crippen molar-refractivity contribution in [2.45, 2.75) is 37.9 Å². The van der Waals surface area contributed by atoms with Crippen LogP contribution in [0.15, 0.2) is 48.5 Å². The molecule has 1 aliphatic carbocycles. The summed E-state index contributed by atoms with van der Waals surface area (Å²) in [5.41, 5.74) is -0.925. The maximum atomic E-state index is 13.6. The van der Waals surface area contributed by atoms with E-state index in [1.165, 1.54) is 41.3 Å². The van der Waals surface area contributed by atoms with Gasteiger partial charge >= 0.3 is 6.18 Å². The van der Waals surface area contributed by atoms with E-state index in [0.717, 1.165) is 31.7 Å². The van der Waals surface area contributed by atoms with Crippen LogP contribution in [-0.2, 0) is 11.0 Å². The molecule has 0 bridgehead atoms. The second kappa shape index (κ2) is 10.1. The van der Waals surface area contributed by atoms with E-state index in [1.54, 1.807) is 6.07 Å². The van der Waals surface area contributed by atoms with Crippen LogP contribution in [0.4, 0.5) is 23.2 Å². The summed E-state index contributed by atoms with van der Waals surface area (Å²) in [6, 6.07) is 10.1. The summed E-state index contributed by atoms with van der Waals surface area (Å²) in [5.74, 6) is -1.18. The maximum absolute atomic E-state index is 13.6. The summed E-state index contributed by atoms with van der Waals surface area (Å²) >= 11 is 0. The van der Waals surface area contributed by atoms with Crippen molar-refractivity contribution in [1.82, 2.24) is 9.80 Å². The van der Waals surface area contributed by atoms with Crippen molar-refractivity contribution in [2.75, 3.05) is 31.5 Å². The van der Waals surface area contributed by atoms with Crippen LogP contribution in [0.1, 0.15) is 41.6 Å². The number of piperazine rings is 1. The molecule has 9 heteroatoms. The van der Waals surface area contributed by atoms with Crippen molar-refractivity contribution < 1.29 is 27.2 Å². The molecule has 2 aliphatic rings. The van der Waals surface area contributed by atoms with E-state index >= 15 is 0 Å². The van der Waals surface area contributed by atoms with Crippen LogP contribution in [0.5, 0.6) is 0 Å². The van der Waals surface area contributed by atoms with Gasteiger partial charge in [-0.15, -0.1) is 0 Å². The molecule has 1 aliphatic heterocycles. The number of nitrogens with zero attached hydrogens (tertiary/aromatic N) is 2. The summed E-state index contributed by atoms with van der Waals surface area (Å²) in [6.45, 7) is 1.19. The van der Waals surface area contributed by atoms with E-state index in [1.807, 2.05) is 4.90 Å². The highest BCUT2D eigenvalue weighted by Gasteiger charge is 2.39. The molecule has 1 N–H and O–H groups in total. The first-order valence-electron chi connectivity index (χ1n) is 11.5. The van der Waals surface area contributed by atoms with Gasteiger partial charge in [-0.3, -0.25) is 14.5 Å². The fourth-order valence-corrected chi connectivity index (χ4v) is 5.02. The molecular weight excluding hydrogens is 450 g/mol. The number of carbonyl (C=O) groups is 2. The average molecular weight is 478 g/mol. The summed E-state index contributed by atoms with van der Waals surface area (Å²) in [5, 5.41) is 2.81. The van der Waals surface area contributed by atoms with Crippen molar-refractivity contribution in [3.63, 3.8) is 0 Å². The van der Waals surface area contributed by atoms with Crippen LogP contribution in [-0.4, -0.2) is 53.8 Å². The Bertz CT molecular complexity index is 1030. The number of nitrogens with one attached hydrogen (secondary N) is 1. The summed E-state index contributed by atoms with van der Waals surface area (Å²) in [4.78, 5) is 29.5. The lowest BCUT2D eigenvalue weighted by atomic mass is 9.94. The summed E-state index contributed by atoms with van der Waals surface area (Å²) in [7, 11) is 0. The molecule has 4 rings (SSSR count). The first-order chi connectivity index (χ1) is 16.2. The van der Waals surface area contributed by atoms with Gasteiger partial charge in [0.15, 0.2) is 0 Å². The molecule has 34 heavy (non-hydrogen) atoms. The van der Waals surface area contributed by atoms with Gasteiger partial charge in [-0.25, -0.2) is 4.39 Å². The third kappa shape index (κ3) is 5.41. The van der Waals surface area contributed by atoms with Crippen molar-refractivity contribution in [1.29, 1.82) is 0 Å². The first-order valence-corrected chi connectivity index (χ1v) is 11.5. The molecule has 0 aromatic heterocycles. The van der Waals surface area contributed by atoms with Gasteiger partial charge in [-0.2, -0.15) is 13.2 Å². The largest absolute Gasteiger partial charge is 0.417 e. The van der Waals surface area contributed by atoms with Crippen LogP contribution >= 0.6 is 0 Å². The van der Waals surface area contributed by atoms with Gasteiger partial charge in [-0.05, 0) is 49.1 Å². The molecule has 0 radical (unpaired) electrons. The molecule has 2 aromatic carbocycles. The van der Waals surface area contributed by atoms with Crippen molar-refractivity contribution in [2.24, 2.45) is 5.92 Å². The van der Waals surface area contributed by atoms with E-state index in [0.29, 0.717) is 18.8 Å². The van der Waals surface area contributed by atoms with E-state index in [4.69, 9.17) is 0 Å². The van der Waals surface area contributed by atoms with Crippen molar-refractivity contribution in [3.05, 3.63) is 65.5 Å². The Labute approximate surface area is 195 Å². The monoisotopic (exact) mass is 477 g/mol. The number of amides is 2. The maximum Gasteiger partial charge on any atom is 0.417 e. The molecule has 2 fully saturated rings. The Kier molecular flexibility index (Phi) is 7.21. The van der Waals surface area contributed by atoms with Gasteiger partial charge < -0.3 is 10.2 Å². The molecule has 5 nitrogen and oxygen atoms in total. The Morgan fingerprint density at radius 3 is 2.26 bits per heavy atom. The highest BCUT2D eigenvalue weighted by Crippen LogP contribution is 2.34. The van der Waals surface area contributed by atoms with E-state index in [9.17, 15) is 27.2 Å². The van der Waals surface area contributed by atoms with E-state index in [-0.39, 0.29) is 30.5 Å². The van der Waals surface area contributed by atoms with Gasteiger partial charge in [0.2, 0.25) is 5.91 Å². The lowest BCUT2D eigenvalue weighted by Crippen LogP contribution is -2.57. The minimum absolute atomic E-state index is 0.141. The van der Waals surface area contributed by atoms with Gasteiger partial charge in [0.25, 0.3) is 5.91 Å². The molecular formula is C25H27F4N3O2. The van der Waals surface area contributed by atoms with Gasteiger partial charge in [0.05, 0.1) is 17.2 Å². The SMILES string of the molecule is O=C(Nc1cccc(F)c1)[C@@H](C1CCCC1)N1CCN(C(=O)c2ccccc2C(F)(F)F)CC1. The minimum atomic E-state index is -4.61. The van der Waals surface area contributed by atoms with Gasteiger partial charge in [-0.1, -0.05) is 31.0 Å². The number of alkyl halides is 3. The number of halogens is 4. The van der Waals surface area contributed by atoms with Crippen LogP contribution < -0.4 is 5.32 Å². The Morgan fingerprint density at radius 2 is 1.62 bits per heavy atom. The van der Waals surface area contributed by atoms with Gasteiger partial charge in [0, 0.05) is 31.9 Å². The third-order valence-electron chi connectivity index (χ3n) is 6.66. The van der Waals surface area contributed by atoms with E-state index in [2.05, 4.69) is 5.32 Å². The zero-order valence-electron chi connectivity index (χ0n) is 18.7. The predicted octanol–water partition coefficient (Wildman–Crippen LogP) is 4.80. The number of carbonyl (C=O) groups excluding carboxylic acids is 2. The number of anilines is 1. The summed E-state index contributed by atoms with van der Waals surface area (Å²) < 4.78 is 53.7. The highest BCUT2D eigenvalue weighted by atomic mass is 19.4. The lowest BCUT2D eigenvalue weighted by molar-refractivity contribution is -0.138. The number of hydrogen-bond acceptors (Lipinski definition) is 3. The molecule has 182 valence electrons. The molecule has 1 heterocycles. The topological polar surface area (TPSA) is 52.7 Å². The zero-order valence-corrected chi connectivity index (χ0v) is 18.7. The fourth-order valence-electron chi connectivity index (χ4n) is 5.02. The average Bonchev–Trinajstić information content (AvgIpc) is 3.33. The normalized spacial score (nSPS) is 18.6. The Morgan fingerprint density at radius 1 is 0.941 bits per heavy atom. The molecule has 2 aromatic rings. The second-order valence-electron chi connectivity index (χ2n) is 8.86. The Balaban J connectivity index is 1.46. The van der Waals surface area contributed by atoms with Crippen LogP contribution in [0.2, 0.25) is 0 Å². The highest BCUT2D eigenvalue weighted by molar-refractivity contribution is 5.96. The lowest BCUT2D eigenvalue weighted by Gasteiger charge is -2.41. The third-order valence-corrected chi connectivity index (χ3v) is 6.66. The van der Waals surface area contributed by atoms with Crippen molar-refractivity contribution >= 4 is 17.5 Å². The minimum Gasteiger partial charge on any atom is -0.336 e. The van der Waals surface area contributed by atoms with E-state index < -0.39 is 29.5 Å². The number of hydrogen-bond donors (Lipinski definition) is 1. The molecule has 0 spiro atoms. The smallest absolute Gasteiger partial charge is 0.336 e. The standard InChI is InChI=1S/C25H27F4N3O2/c26-18-8-5-9-19(16-18)30-23(33)22(17-6-1-2-7-17)31-12-14-32(15-13-31)24(34)20-10-3-4-11-21(20)25(27,28)29/h3-5,8-11,16-17,22H,1-2,6-7,12-15H2,(H,30,33)/t22-/m1/s1.